The number of nitrogens with two attached hydrogens (primary N) is 1. The van der Waals surface area contributed by atoms with E-state index in [0.717, 1.165) is 11.1 Å². The van der Waals surface area contributed by atoms with E-state index in [1.165, 1.54) is 0 Å². The summed E-state index contributed by atoms with van der Waals surface area (Å²) in [6.07, 6.45) is 7.94. The minimum absolute atomic E-state index is 0.187. The fourth-order valence-corrected chi connectivity index (χ4v) is 2.35. The van der Waals surface area contributed by atoms with Crippen LogP contribution in [0, 0.1) is 6.92 Å². The monoisotopic (exact) mass is 340 g/mol. The first-order chi connectivity index (χ1) is 12.0. The van der Waals surface area contributed by atoms with E-state index in [1.807, 2.05) is 31.2 Å². The van der Waals surface area contributed by atoms with Crippen molar-refractivity contribution in [3.05, 3.63) is 71.7 Å². The molecule has 0 bridgehead atoms. The van der Waals surface area contributed by atoms with Crippen molar-refractivity contribution in [2.45, 2.75) is 19.8 Å². The van der Waals surface area contributed by atoms with E-state index in [0.29, 0.717) is 18.0 Å². The molecule has 1 unspecified atom stereocenters. The Labute approximate surface area is 148 Å². The Balaban J connectivity index is 2.07. The molecule has 1 aromatic rings. The van der Waals surface area contributed by atoms with Gasteiger partial charge in [0.1, 0.15) is 5.70 Å². The Morgan fingerprint density at radius 3 is 2.96 bits per heavy atom. The van der Waals surface area contributed by atoms with Gasteiger partial charge in [-0.15, -0.1) is 0 Å². The third-order valence-electron chi connectivity index (χ3n) is 3.70. The summed E-state index contributed by atoms with van der Waals surface area (Å²) in [4.78, 5) is 18.5. The van der Waals surface area contributed by atoms with E-state index in [1.54, 1.807) is 49.6 Å². The van der Waals surface area contributed by atoms with Crippen molar-refractivity contribution in [1.29, 1.82) is 0 Å². The van der Waals surface area contributed by atoms with Gasteiger partial charge in [0, 0.05) is 13.6 Å². The molecule has 1 atom stereocenters. The van der Waals surface area contributed by atoms with Gasteiger partial charge in [-0.1, -0.05) is 35.9 Å². The molecule has 0 fully saturated rings. The third kappa shape index (κ3) is 5.32. The van der Waals surface area contributed by atoms with Crippen molar-refractivity contribution in [1.82, 2.24) is 10.2 Å². The maximum Gasteiger partial charge on any atom is 0.268 e. The maximum absolute atomic E-state index is 12.5. The SMILES string of the molecule is CO/C=C\C=C\C1=NC(N)N(C)C(C(=O)NCc2cccc(C)c2)=C1. The number of hydrogen-bond acceptors (Lipinski definition) is 5. The lowest BCUT2D eigenvalue weighted by Crippen LogP contribution is -2.44. The minimum atomic E-state index is -0.601. The molecule has 0 spiro atoms. The number of aliphatic imine (C=N–C) groups is 1. The molecule has 1 aromatic carbocycles. The zero-order valence-electron chi connectivity index (χ0n) is 14.8. The summed E-state index contributed by atoms with van der Waals surface area (Å²) < 4.78 is 4.83. The molecule has 25 heavy (non-hydrogen) atoms. The number of hydrogen-bond donors (Lipinski definition) is 2. The van der Waals surface area contributed by atoms with Crippen LogP contribution in [0.4, 0.5) is 0 Å². The normalized spacial score (nSPS) is 17.6. The van der Waals surface area contributed by atoms with Crippen LogP contribution in [0.25, 0.3) is 0 Å². The van der Waals surface area contributed by atoms with Crippen molar-refractivity contribution in [3.8, 4) is 0 Å². The Hall–Kier alpha value is -2.86. The fourth-order valence-electron chi connectivity index (χ4n) is 2.35. The van der Waals surface area contributed by atoms with E-state index < -0.39 is 6.29 Å². The predicted molar refractivity (Wildman–Crippen MR) is 99.6 cm³/mol. The first-order valence-electron chi connectivity index (χ1n) is 7.99. The molecule has 1 amide bonds. The van der Waals surface area contributed by atoms with Gasteiger partial charge in [0.2, 0.25) is 0 Å². The molecule has 0 aromatic heterocycles. The van der Waals surface area contributed by atoms with Crippen LogP contribution >= 0.6 is 0 Å². The predicted octanol–water partition coefficient (Wildman–Crippen LogP) is 1.84. The second-order valence-electron chi connectivity index (χ2n) is 5.70. The zero-order chi connectivity index (χ0) is 18.2. The molecule has 6 heteroatoms. The average molecular weight is 340 g/mol. The molecule has 0 saturated carbocycles. The first kappa shape index (κ1) is 18.5. The second-order valence-corrected chi connectivity index (χ2v) is 5.70. The number of rotatable bonds is 6. The van der Waals surface area contributed by atoms with Crippen molar-refractivity contribution in [2.24, 2.45) is 10.7 Å². The van der Waals surface area contributed by atoms with Gasteiger partial charge in [-0.2, -0.15) is 0 Å². The van der Waals surface area contributed by atoms with Gasteiger partial charge in [0.05, 0.1) is 19.1 Å². The van der Waals surface area contributed by atoms with Crippen LogP contribution in [0.1, 0.15) is 11.1 Å². The number of methoxy groups -OCH3 is 1. The molecule has 1 heterocycles. The molecule has 2 rings (SSSR count). The van der Waals surface area contributed by atoms with Crippen LogP contribution in [-0.4, -0.2) is 37.0 Å². The molecule has 1 aliphatic rings. The number of likely N-dealkylation sites (N-methyl/N-ethyl adjacent to an activating group) is 1. The summed E-state index contributed by atoms with van der Waals surface area (Å²) in [5.41, 5.74) is 9.31. The highest BCUT2D eigenvalue weighted by Crippen LogP contribution is 2.13. The van der Waals surface area contributed by atoms with E-state index in [2.05, 4.69) is 10.3 Å². The largest absolute Gasteiger partial charge is 0.504 e. The van der Waals surface area contributed by atoms with Gasteiger partial charge in [-0.05, 0) is 30.7 Å². The van der Waals surface area contributed by atoms with E-state index in [9.17, 15) is 4.79 Å². The Kier molecular flexibility index (Phi) is 6.54. The van der Waals surface area contributed by atoms with E-state index in [4.69, 9.17) is 10.5 Å². The van der Waals surface area contributed by atoms with E-state index in [-0.39, 0.29) is 5.91 Å². The summed E-state index contributed by atoms with van der Waals surface area (Å²) in [5, 5.41) is 2.93. The van der Waals surface area contributed by atoms with Gasteiger partial charge >= 0.3 is 0 Å². The minimum Gasteiger partial charge on any atom is -0.504 e. The average Bonchev–Trinajstić information content (AvgIpc) is 2.59. The highest BCUT2D eigenvalue weighted by atomic mass is 16.5. The first-order valence-corrected chi connectivity index (χ1v) is 7.99. The summed E-state index contributed by atoms with van der Waals surface area (Å²) in [5.74, 6) is -0.187. The molecule has 1 aliphatic heterocycles. The number of ether oxygens (including phenoxy) is 1. The van der Waals surface area contributed by atoms with Crippen LogP contribution in [0.15, 0.2) is 65.5 Å². The maximum atomic E-state index is 12.5. The molecule has 3 N–H and O–H groups in total. The van der Waals surface area contributed by atoms with Crippen molar-refractivity contribution in [2.75, 3.05) is 14.2 Å². The highest BCUT2D eigenvalue weighted by Gasteiger charge is 2.22. The van der Waals surface area contributed by atoms with Crippen LogP contribution in [0.2, 0.25) is 0 Å². The standard InChI is InChI=1S/C19H24N4O2/c1-14-7-6-8-15(11-14)13-21-18(24)17-12-16(9-4-5-10-25-3)22-19(20)23(17)2/h4-12,19H,13,20H2,1-3H3,(H,21,24)/b9-4+,10-5-. The van der Waals surface area contributed by atoms with Crippen LogP contribution in [-0.2, 0) is 16.1 Å². The number of nitrogens with zero attached hydrogens (tertiary/aromatic N) is 2. The smallest absolute Gasteiger partial charge is 0.268 e. The molecule has 0 radical (unpaired) electrons. The molecule has 0 aliphatic carbocycles. The van der Waals surface area contributed by atoms with E-state index >= 15 is 0 Å². The summed E-state index contributed by atoms with van der Waals surface area (Å²) in [6.45, 7) is 2.48. The third-order valence-corrected chi connectivity index (χ3v) is 3.70. The van der Waals surface area contributed by atoms with Gasteiger partial charge in [0.15, 0.2) is 6.29 Å². The van der Waals surface area contributed by atoms with Gasteiger partial charge < -0.3 is 15.0 Å². The number of amides is 1. The second kappa shape index (κ2) is 8.84. The highest BCUT2D eigenvalue weighted by molar-refractivity contribution is 6.10. The number of allylic oxidation sites excluding steroid dienone is 4. The van der Waals surface area contributed by atoms with Gasteiger partial charge in [0.25, 0.3) is 5.91 Å². The summed E-state index contributed by atoms with van der Waals surface area (Å²) >= 11 is 0. The Morgan fingerprint density at radius 1 is 1.44 bits per heavy atom. The van der Waals surface area contributed by atoms with Crippen LogP contribution in [0.3, 0.4) is 0 Å². The van der Waals surface area contributed by atoms with Crippen LogP contribution in [0.5, 0.6) is 0 Å². The molecule has 0 saturated heterocycles. The number of carbonyl (C=O) groups excluding carboxylic acids is 1. The lowest BCUT2D eigenvalue weighted by Gasteiger charge is -2.29. The van der Waals surface area contributed by atoms with Crippen molar-refractivity contribution >= 4 is 11.6 Å². The van der Waals surface area contributed by atoms with Crippen molar-refractivity contribution in [3.63, 3.8) is 0 Å². The number of nitrogens with one attached hydrogen (secondary N) is 1. The number of benzene rings is 1. The van der Waals surface area contributed by atoms with Gasteiger partial charge in [-0.25, -0.2) is 4.99 Å². The Morgan fingerprint density at radius 2 is 2.24 bits per heavy atom. The molecular formula is C19H24N4O2. The quantitative estimate of drug-likeness (QED) is 0.612. The lowest BCUT2D eigenvalue weighted by atomic mass is 10.1. The lowest BCUT2D eigenvalue weighted by molar-refractivity contribution is -0.119. The summed E-state index contributed by atoms with van der Waals surface area (Å²) in [6, 6.07) is 8.02. The summed E-state index contributed by atoms with van der Waals surface area (Å²) in [7, 11) is 3.32. The van der Waals surface area contributed by atoms with Crippen LogP contribution < -0.4 is 11.1 Å². The molecule has 132 valence electrons. The zero-order valence-corrected chi connectivity index (χ0v) is 14.8. The number of aryl methyl sites for hydroxylation is 1. The molecular weight excluding hydrogens is 316 g/mol. The Bertz CT molecular complexity index is 735. The fraction of sp³-hybridized carbons (Fsp3) is 0.263. The topological polar surface area (TPSA) is 80.0 Å². The van der Waals surface area contributed by atoms with Crippen molar-refractivity contribution < 1.29 is 9.53 Å². The molecule has 6 nitrogen and oxygen atoms in total. The number of carbonyl (C=O) groups is 1. The van der Waals surface area contributed by atoms with Gasteiger partial charge in [-0.3, -0.25) is 10.5 Å².